The van der Waals surface area contributed by atoms with E-state index in [0.717, 1.165) is 23.0 Å². The highest BCUT2D eigenvalue weighted by Crippen LogP contribution is 2.14. The molecular formula is C14H17N5OS. The van der Waals surface area contributed by atoms with Crippen molar-refractivity contribution in [2.24, 2.45) is 0 Å². The van der Waals surface area contributed by atoms with Crippen molar-refractivity contribution >= 4 is 17.7 Å². The molecule has 2 aromatic rings. The second-order valence-electron chi connectivity index (χ2n) is 4.93. The Morgan fingerprint density at radius 3 is 3.00 bits per heavy atom. The van der Waals surface area contributed by atoms with E-state index in [-0.39, 0.29) is 18.0 Å². The van der Waals surface area contributed by atoms with Gasteiger partial charge in [0.05, 0.1) is 24.0 Å². The first-order valence-corrected chi connectivity index (χ1v) is 7.98. The maximum absolute atomic E-state index is 12.1. The van der Waals surface area contributed by atoms with Gasteiger partial charge in [-0.25, -0.2) is 4.68 Å². The van der Waals surface area contributed by atoms with Gasteiger partial charge in [0.2, 0.25) is 5.91 Å². The molecule has 1 aromatic heterocycles. The van der Waals surface area contributed by atoms with Gasteiger partial charge in [-0.05, 0) is 19.1 Å². The number of thioether (sulfide) groups is 1. The molecule has 0 spiro atoms. The van der Waals surface area contributed by atoms with Gasteiger partial charge >= 0.3 is 0 Å². The molecule has 7 heteroatoms. The van der Waals surface area contributed by atoms with Crippen LogP contribution in [0.25, 0.3) is 5.69 Å². The highest BCUT2D eigenvalue weighted by atomic mass is 32.2. The number of benzene rings is 1. The summed E-state index contributed by atoms with van der Waals surface area (Å²) in [7, 11) is 0. The molecule has 0 saturated carbocycles. The predicted molar refractivity (Wildman–Crippen MR) is 82.2 cm³/mol. The maximum Gasteiger partial charge on any atom is 0.238 e. The lowest BCUT2D eigenvalue weighted by molar-refractivity contribution is -0.123. The Kier molecular flexibility index (Phi) is 4.21. The SMILES string of the molecule is C[C@@H](NC(=O)[C@H]1CSCN1)c1cn(-c2ccccc2)nn1. The maximum atomic E-state index is 12.1. The van der Waals surface area contributed by atoms with Gasteiger partial charge in [-0.3, -0.25) is 10.1 Å². The predicted octanol–water partition coefficient (Wildman–Crippen LogP) is 1.11. The van der Waals surface area contributed by atoms with Crippen molar-refractivity contribution in [1.82, 2.24) is 25.6 Å². The second kappa shape index (κ2) is 6.28. The van der Waals surface area contributed by atoms with Crippen molar-refractivity contribution < 1.29 is 4.79 Å². The number of amides is 1. The largest absolute Gasteiger partial charge is 0.346 e. The molecule has 0 bridgehead atoms. The minimum atomic E-state index is -0.164. The van der Waals surface area contributed by atoms with Gasteiger partial charge in [-0.1, -0.05) is 23.4 Å². The zero-order valence-electron chi connectivity index (χ0n) is 11.7. The van der Waals surface area contributed by atoms with Gasteiger partial charge in [-0.2, -0.15) is 0 Å². The molecule has 1 amide bonds. The van der Waals surface area contributed by atoms with E-state index in [2.05, 4.69) is 20.9 Å². The Morgan fingerprint density at radius 2 is 2.29 bits per heavy atom. The van der Waals surface area contributed by atoms with Gasteiger partial charge in [0.1, 0.15) is 5.69 Å². The molecule has 1 aliphatic rings. The molecule has 1 aliphatic heterocycles. The monoisotopic (exact) mass is 303 g/mol. The highest BCUT2D eigenvalue weighted by molar-refractivity contribution is 7.99. The van der Waals surface area contributed by atoms with Crippen molar-refractivity contribution in [1.29, 1.82) is 0 Å². The summed E-state index contributed by atoms with van der Waals surface area (Å²) in [6, 6.07) is 9.50. The van der Waals surface area contributed by atoms with Crippen LogP contribution in [0.15, 0.2) is 36.5 Å². The van der Waals surface area contributed by atoms with E-state index in [4.69, 9.17) is 0 Å². The smallest absolute Gasteiger partial charge is 0.238 e. The summed E-state index contributed by atoms with van der Waals surface area (Å²) in [6.07, 6.45) is 1.84. The first kappa shape index (κ1) is 14.1. The summed E-state index contributed by atoms with van der Waals surface area (Å²) < 4.78 is 1.71. The van der Waals surface area contributed by atoms with Crippen LogP contribution in [0.3, 0.4) is 0 Å². The van der Waals surface area contributed by atoms with Crippen LogP contribution in [0.4, 0.5) is 0 Å². The van der Waals surface area contributed by atoms with Crippen LogP contribution in [0.1, 0.15) is 18.7 Å². The zero-order valence-corrected chi connectivity index (χ0v) is 12.5. The minimum absolute atomic E-state index is 0.0155. The van der Waals surface area contributed by atoms with Gasteiger partial charge in [0.15, 0.2) is 0 Å². The van der Waals surface area contributed by atoms with Gasteiger partial charge in [-0.15, -0.1) is 16.9 Å². The van der Waals surface area contributed by atoms with Gasteiger partial charge in [0.25, 0.3) is 0 Å². The average Bonchev–Trinajstić information content (AvgIpc) is 3.20. The lowest BCUT2D eigenvalue weighted by Crippen LogP contribution is -2.43. The highest BCUT2D eigenvalue weighted by Gasteiger charge is 2.24. The van der Waals surface area contributed by atoms with E-state index in [1.54, 1.807) is 16.4 Å². The lowest BCUT2D eigenvalue weighted by atomic mass is 10.2. The van der Waals surface area contributed by atoms with Crippen molar-refractivity contribution in [3.8, 4) is 5.69 Å². The molecule has 1 fully saturated rings. The quantitative estimate of drug-likeness (QED) is 0.885. The summed E-state index contributed by atoms with van der Waals surface area (Å²) in [5.41, 5.74) is 1.70. The van der Waals surface area contributed by atoms with Crippen LogP contribution >= 0.6 is 11.8 Å². The van der Waals surface area contributed by atoms with Crippen LogP contribution in [0, 0.1) is 0 Å². The standard InChI is InChI=1S/C14H17N5OS/c1-10(16-14(20)13-8-21-9-15-13)12-7-19(18-17-12)11-5-3-2-4-6-11/h2-7,10,13,15H,8-9H2,1H3,(H,16,20)/t10-,13-/m1/s1. The molecule has 21 heavy (non-hydrogen) atoms. The van der Waals surface area contributed by atoms with Crippen LogP contribution in [0.5, 0.6) is 0 Å². The summed E-state index contributed by atoms with van der Waals surface area (Å²) >= 11 is 1.73. The van der Waals surface area contributed by atoms with E-state index in [1.807, 2.05) is 43.5 Å². The number of hydrogen-bond donors (Lipinski definition) is 2. The van der Waals surface area contributed by atoms with Crippen molar-refractivity contribution in [3.05, 3.63) is 42.2 Å². The minimum Gasteiger partial charge on any atom is -0.346 e. The molecule has 1 saturated heterocycles. The molecule has 3 rings (SSSR count). The Hall–Kier alpha value is -1.86. The second-order valence-corrected chi connectivity index (χ2v) is 5.96. The first-order valence-electron chi connectivity index (χ1n) is 6.83. The van der Waals surface area contributed by atoms with Crippen LogP contribution in [-0.4, -0.2) is 38.6 Å². The number of nitrogens with one attached hydrogen (secondary N) is 2. The lowest BCUT2D eigenvalue weighted by Gasteiger charge is -2.14. The van der Waals surface area contributed by atoms with E-state index < -0.39 is 0 Å². The topological polar surface area (TPSA) is 71.8 Å². The average molecular weight is 303 g/mol. The molecule has 110 valence electrons. The number of para-hydroxylation sites is 1. The molecular weight excluding hydrogens is 286 g/mol. The Bertz CT molecular complexity index is 609. The first-order chi connectivity index (χ1) is 10.2. The van der Waals surface area contributed by atoms with Gasteiger partial charge in [0, 0.05) is 11.6 Å². The van der Waals surface area contributed by atoms with Crippen molar-refractivity contribution in [2.45, 2.75) is 19.0 Å². The Morgan fingerprint density at radius 1 is 1.48 bits per heavy atom. The molecule has 0 radical (unpaired) electrons. The molecule has 6 nitrogen and oxygen atoms in total. The van der Waals surface area contributed by atoms with Crippen LogP contribution in [-0.2, 0) is 4.79 Å². The third-order valence-corrected chi connectivity index (χ3v) is 4.31. The van der Waals surface area contributed by atoms with E-state index in [9.17, 15) is 4.79 Å². The molecule has 2 N–H and O–H groups in total. The summed E-state index contributed by atoms with van der Waals surface area (Å²) in [6.45, 7) is 1.92. The number of nitrogens with zero attached hydrogens (tertiary/aromatic N) is 3. The fourth-order valence-corrected chi connectivity index (χ4v) is 3.08. The Balaban J connectivity index is 1.66. The summed E-state index contributed by atoms with van der Waals surface area (Å²) in [5.74, 6) is 1.66. The fourth-order valence-electron chi connectivity index (χ4n) is 2.13. The third-order valence-electron chi connectivity index (χ3n) is 3.37. The number of carbonyl (C=O) groups is 1. The molecule has 2 atom stereocenters. The van der Waals surface area contributed by atoms with Crippen molar-refractivity contribution in [2.75, 3.05) is 11.6 Å². The summed E-state index contributed by atoms with van der Waals surface area (Å²) in [5, 5.41) is 14.4. The fraction of sp³-hybridized carbons (Fsp3) is 0.357. The van der Waals surface area contributed by atoms with Crippen LogP contribution < -0.4 is 10.6 Å². The molecule has 1 aromatic carbocycles. The number of carbonyl (C=O) groups excluding carboxylic acids is 1. The Labute approximate surface area is 127 Å². The van der Waals surface area contributed by atoms with E-state index in [0.29, 0.717) is 0 Å². The van der Waals surface area contributed by atoms with E-state index >= 15 is 0 Å². The zero-order chi connectivity index (χ0) is 14.7. The molecule has 0 unspecified atom stereocenters. The number of aromatic nitrogens is 3. The summed E-state index contributed by atoms with van der Waals surface area (Å²) in [4.78, 5) is 12.1. The van der Waals surface area contributed by atoms with Gasteiger partial charge < -0.3 is 5.32 Å². The number of rotatable bonds is 4. The molecule has 2 heterocycles. The van der Waals surface area contributed by atoms with Crippen molar-refractivity contribution in [3.63, 3.8) is 0 Å². The normalized spacial score (nSPS) is 19.4. The third kappa shape index (κ3) is 3.25. The number of hydrogen-bond acceptors (Lipinski definition) is 5. The van der Waals surface area contributed by atoms with E-state index in [1.165, 1.54) is 0 Å². The van der Waals surface area contributed by atoms with Crippen LogP contribution in [0.2, 0.25) is 0 Å². The molecule has 0 aliphatic carbocycles.